The van der Waals surface area contributed by atoms with Crippen molar-refractivity contribution in [1.82, 2.24) is 4.57 Å². The standard InChI is InChI=1S/C14H15ClN2/c1-14(2,10-16)6-8-17-7-5-11-3-4-12(15)9-13(11)17/h3-5,7,9H,6,8H2,1-2H3. The lowest BCUT2D eigenvalue weighted by Gasteiger charge is -2.15. The fraction of sp³-hybridized carbons (Fsp3) is 0.357. The Morgan fingerprint density at radius 3 is 2.82 bits per heavy atom. The van der Waals surface area contributed by atoms with Gasteiger partial charge < -0.3 is 4.57 Å². The van der Waals surface area contributed by atoms with E-state index in [1.807, 2.05) is 32.0 Å². The molecule has 0 saturated carbocycles. The summed E-state index contributed by atoms with van der Waals surface area (Å²) >= 11 is 6.00. The maximum atomic E-state index is 9.00. The molecule has 2 rings (SSSR count). The van der Waals surface area contributed by atoms with Gasteiger partial charge >= 0.3 is 0 Å². The summed E-state index contributed by atoms with van der Waals surface area (Å²) < 4.78 is 2.15. The summed E-state index contributed by atoms with van der Waals surface area (Å²) in [6.45, 7) is 4.77. The summed E-state index contributed by atoms with van der Waals surface area (Å²) in [5, 5.41) is 10.9. The minimum atomic E-state index is -0.283. The molecule has 0 radical (unpaired) electrons. The van der Waals surface area contributed by atoms with Crippen LogP contribution in [0.1, 0.15) is 20.3 Å². The molecule has 88 valence electrons. The van der Waals surface area contributed by atoms with Crippen LogP contribution in [0.15, 0.2) is 30.5 Å². The van der Waals surface area contributed by atoms with E-state index in [4.69, 9.17) is 16.9 Å². The third-order valence-electron chi connectivity index (χ3n) is 3.02. The van der Waals surface area contributed by atoms with Gasteiger partial charge in [0.05, 0.1) is 11.5 Å². The number of nitrogens with zero attached hydrogens (tertiary/aromatic N) is 2. The molecule has 3 heteroatoms. The second-order valence-corrected chi connectivity index (χ2v) is 5.39. The molecule has 0 aliphatic rings. The molecule has 1 aromatic carbocycles. The molecule has 0 amide bonds. The van der Waals surface area contributed by atoms with E-state index in [9.17, 15) is 0 Å². The van der Waals surface area contributed by atoms with Crippen LogP contribution in [-0.2, 0) is 6.54 Å². The molecule has 0 aliphatic carbocycles. The van der Waals surface area contributed by atoms with Crippen molar-refractivity contribution in [2.45, 2.75) is 26.8 Å². The van der Waals surface area contributed by atoms with Crippen molar-refractivity contribution in [3.8, 4) is 6.07 Å². The quantitative estimate of drug-likeness (QED) is 0.797. The van der Waals surface area contributed by atoms with Gasteiger partial charge in [-0.1, -0.05) is 17.7 Å². The molecule has 2 aromatic rings. The first-order valence-corrected chi connectivity index (χ1v) is 6.05. The van der Waals surface area contributed by atoms with Crippen molar-refractivity contribution >= 4 is 22.5 Å². The molecule has 0 aliphatic heterocycles. The Bertz CT molecular complexity index is 575. The lowest BCUT2D eigenvalue weighted by atomic mass is 9.91. The predicted octanol–water partition coefficient (Wildman–Crippen LogP) is 4.23. The minimum absolute atomic E-state index is 0.283. The van der Waals surface area contributed by atoms with E-state index in [-0.39, 0.29) is 5.41 Å². The van der Waals surface area contributed by atoms with Crippen LogP contribution in [0, 0.1) is 16.7 Å². The molecule has 0 spiro atoms. The first kappa shape index (κ1) is 12.0. The van der Waals surface area contributed by atoms with E-state index in [2.05, 4.69) is 22.9 Å². The molecular formula is C14H15ClN2. The second-order valence-electron chi connectivity index (χ2n) is 4.96. The highest BCUT2D eigenvalue weighted by molar-refractivity contribution is 6.31. The van der Waals surface area contributed by atoms with Gasteiger partial charge in [0.1, 0.15) is 0 Å². The molecule has 0 N–H and O–H groups in total. The van der Waals surface area contributed by atoms with E-state index in [1.54, 1.807) is 0 Å². The summed E-state index contributed by atoms with van der Waals surface area (Å²) in [6.07, 6.45) is 2.88. The largest absolute Gasteiger partial charge is 0.347 e. The van der Waals surface area contributed by atoms with Crippen LogP contribution >= 0.6 is 11.6 Å². The number of hydrogen-bond donors (Lipinski definition) is 0. The second kappa shape index (κ2) is 4.43. The molecule has 1 aromatic heterocycles. The van der Waals surface area contributed by atoms with Gasteiger partial charge in [0.25, 0.3) is 0 Å². The third-order valence-corrected chi connectivity index (χ3v) is 3.25. The van der Waals surface area contributed by atoms with Gasteiger partial charge in [0.2, 0.25) is 0 Å². The maximum Gasteiger partial charge on any atom is 0.0684 e. The van der Waals surface area contributed by atoms with E-state index in [0.29, 0.717) is 0 Å². The molecular weight excluding hydrogens is 232 g/mol. The SMILES string of the molecule is CC(C)(C#N)CCn1ccc2ccc(Cl)cc21. The van der Waals surface area contributed by atoms with Crippen LogP contribution in [0.3, 0.4) is 0 Å². The first-order chi connectivity index (χ1) is 8.02. The Kier molecular flexibility index (Phi) is 3.13. The Hall–Kier alpha value is -1.46. The van der Waals surface area contributed by atoms with Gasteiger partial charge in [0.15, 0.2) is 0 Å². The highest BCUT2D eigenvalue weighted by Gasteiger charge is 2.16. The van der Waals surface area contributed by atoms with Crippen molar-refractivity contribution in [1.29, 1.82) is 5.26 Å². The van der Waals surface area contributed by atoms with Crippen LogP contribution in [0.4, 0.5) is 0 Å². The number of halogens is 1. The predicted molar refractivity (Wildman–Crippen MR) is 71.0 cm³/mol. The van der Waals surface area contributed by atoms with Gasteiger partial charge in [0, 0.05) is 23.3 Å². The third kappa shape index (κ3) is 2.62. The van der Waals surface area contributed by atoms with Crippen molar-refractivity contribution in [3.05, 3.63) is 35.5 Å². The summed E-state index contributed by atoms with van der Waals surface area (Å²) in [7, 11) is 0. The Morgan fingerprint density at radius 2 is 2.12 bits per heavy atom. The zero-order valence-corrected chi connectivity index (χ0v) is 10.8. The topological polar surface area (TPSA) is 28.7 Å². The van der Waals surface area contributed by atoms with E-state index >= 15 is 0 Å². The zero-order chi connectivity index (χ0) is 12.5. The van der Waals surface area contributed by atoms with Crippen LogP contribution in [0.2, 0.25) is 5.02 Å². The van der Waals surface area contributed by atoms with Crippen LogP contribution < -0.4 is 0 Å². The number of benzene rings is 1. The van der Waals surface area contributed by atoms with Crippen molar-refractivity contribution in [2.75, 3.05) is 0 Å². The molecule has 0 saturated heterocycles. The lowest BCUT2D eigenvalue weighted by Crippen LogP contribution is -2.11. The Balaban J connectivity index is 2.25. The van der Waals surface area contributed by atoms with Crippen molar-refractivity contribution in [2.24, 2.45) is 5.41 Å². The summed E-state index contributed by atoms with van der Waals surface area (Å²) in [5.74, 6) is 0. The number of rotatable bonds is 3. The summed E-state index contributed by atoms with van der Waals surface area (Å²) in [6, 6.07) is 10.3. The van der Waals surface area contributed by atoms with Crippen molar-refractivity contribution in [3.63, 3.8) is 0 Å². The van der Waals surface area contributed by atoms with Gasteiger partial charge in [-0.05, 0) is 43.9 Å². The number of hydrogen-bond acceptors (Lipinski definition) is 1. The van der Waals surface area contributed by atoms with Gasteiger partial charge in [-0.15, -0.1) is 0 Å². The average Bonchev–Trinajstić information content (AvgIpc) is 2.69. The van der Waals surface area contributed by atoms with Crippen molar-refractivity contribution < 1.29 is 0 Å². The van der Waals surface area contributed by atoms with Gasteiger partial charge in [-0.3, -0.25) is 0 Å². The highest BCUT2D eigenvalue weighted by Crippen LogP contribution is 2.24. The van der Waals surface area contributed by atoms with E-state index < -0.39 is 0 Å². The minimum Gasteiger partial charge on any atom is -0.347 e. The van der Waals surface area contributed by atoms with Gasteiger partial charge in [-0.25, -0.2) is 0 Å². The molecule has 0 atom stereocenters. The Labute approximate surface area is 106 Å². The average molecular weight is 247 g/mol. The number of aryl methyl sites for hydroxylation is 1. The highest BCUT2D eigenvalue weighted by atomic mass is 35.5. The molecule has 17 heavy (non-hydrogen) atoms. The van der Waals surface area contributed by atoms with Crippen LogP contribution in [0.25, 0.3) is 10.9 Å². The zero-order valence-electron chi connectivity index (χ0n) is 10.1. The van der Waals surface area contributed by atoms with E-state index in [1.165, 1.54) is 5.39 Å². The molecule has 0 fully saturated rings. The van der Waals surface area contributed by atoms with Crippen LogP contribution in [-0.4, -0.2) is 4.57 Å². The smallest absolute Gasteiger partial charge is 0.0684 e. The molecule has 0 unspecified atom stereocenters. The monoisotopic (exact) mass is 246 g/mol. The van der Waals surface area contributed by atoms with Crippen LogP contribution in [0.5, 0.6) is 0 Å². The molecule has 2 nitrogen and oxygen atoms in total. The number of nitriles is 1. The number of fused-ring (bicyclic) bond motifs is 1. The van der Waals surface area contributed by atoms with E-state index in [0.717, 1.165) is 23.5 Å². The molecule has 1 heterocycles. The number of aromatic nitrogens is 1. The normalized spacial score (nSPS) is 11.6. The molecule has 0 bridgehead atoms. The maximum absolute atomic E-state index is 9.00. The summed E-state index contributed by atoms with van der Waals surface area (Å²) in [5.41, 5.74) is 0.848. The fourth-order valence-corrected chi connectivity index (χ4v) is 1.97. The summed E-state index contributed by atoms with van der Waals surface area (Å²) in [4.78, 5) is 0. The first-order valence-electron chi connectivity index (χ1n) is 5.67. The lowest BCUT2D eigenvalue weighted by molar-refractivity contribution is 0.417. The Morgan fingerprint density at radius 1 is 1.35 bits per heavy atom. The van der Waals surface area contributed by atoms with Gasteiger partial charge in [-0.2, -0.15) is 5.26 Å². The fourth-order valence-electron chi connectivity index (χ4n) is 1.81.